The van der Waals surface area contributed by atoms with E-state index in [-0.39, 0.29) is 5.91 Å². The summed E-state index contributed by atoms with van der Waals surface area (Å²) in [6.45, 7) is 6.85. The van der Waals surface area contributed by atoms with Crippen LogP contribution in [0.1, 0.15) is 29.8 Å². The molecule has 2 rings (SSSR count). The van der Waals surface area contributed by atoms with Crippen molar-refractivity contribution in [3.05, 3.63) is 47.5 Å². The predicted molar refractivity (Wildman–Crippen MR) is 99.7 cm³/mol. The minimum absolute atomic E-state index is 0.155. The van der Waals surface area contributed by atoms with Crippen molar-refractivity contribution < 1.29 is 14.3 Å². The summed E-state index contributed by atoms with van der Waals surface area (Å²) in [5, 5.41) is 2.95. The number of nitrogens with one attached hydrogen (secondary N) is 1. The summed E-state index contributed by atoms with van der Waals surface area (Å²) in [7, 11) is 0. The van der Waals surface area contributed by atoms with Crippen LogP contribution in [0.5, 0.6) is 11.5 Å². The van der Waals surface area contributed by atoms with E-state index in [1.54, 1.807) is 17.8 Å². The maximum Gasteiger partial charge on any atom is 0.256 e. The van der Waals surface area contributed by atoms with Gasteiger partial charge in [0.15, 0.2) is 0 Å². The highest BCUT2D eigenvalue weighted by Crippen LogP contribution is 2.30. The van der Waals surface area contributed by atoms with Crippen molar-refractivity contribution in [1.82, 2.24) is 0 Å². The molecule has 0 saturated heterocycles. The topological polar surface area (TPSA) is 47.6 Å². The summed E-state index contributed by atoms with van der Waals surface area (Å²) in [5.41, 5.74) is 2.21. The largest absolute Gasteiger partial charge is 0.494 e. The van der Waals surface area contributed by atoms with E-state index in [2.05, 4.69) is 5.32 Å². The SMILES string of the molecule is CCOc1ccc(OCC)c(NC(=O)c2cc(SC)ccc2C)c1. The Balaban J connectivity index is 2.31. The van der Waals surface area contributed by atoms with Gasteiger partial charge >= 0.3 is 0 Å². The van der Waals surface area contributed by atoms with Crippen molar-refractivity contribution >= 4 is 23.4 Å². The van der Waals surface area contributed by atoms with E-state index < -0.39 is 0 Å². The highest BCUT2D eigenvalue weighted by Gasteiger charge is 2.14. The number of ether oxygens (including phenoxy) is 2. The Morgan fingerprint density at radius 3 is 2.50 bits per heavy atom. The van der Waals surface area contributed by atoms with Crippen LogP contribution in [-0.2, 0) is 0 Å². The van der Waals surface area contributed by atoms with Gasteiger partial charge in [0.2, 0.25) is 0 Å². The average Bonchev–Trinajstić information content (AvgIpc) is 2.58. The summed E-state index contributed by atoms with van der Waals surface area (Å²) >= 11 is 1.61. The molecule has 0 aliphatic heterocycles. The summed E-state index contributed by atoms with van der Waals surface area (Å²) in [6.07, 6.45) is 1.99. The number of benzene rings is 2. The van der Waals surface area contributed by atoms with E-state index >= 15 is 0 Å². The number of carbonyl (C=O) groups excluding carboxylic acids is 1. The Bertz CT molecular complexity index is 716. The van der Waals surface area contributed by atoms with E-state index in [1.165, 1.54) is 0 Å². The molecule has 1 N–H and O–H groups in total. The molecule has 2 aromatic rings. The number of carbonyl (C=O) groups is 1. The first-order chi connectivity index (χ1) is 11.6. The standard InChI is InChI=1S/C19H23NO3S/c1-5-22-14-8-10-18(23-6-2)17(11-14)20-19(21)16-12-15(24-4)9-7-13(16)3/h7-12H,5-6H2,1-4H3,(H,20,21). The second-order valence-electron chi connectivity index (χ2n) is 5.16. The smallest absolute Gasteiger partial charge is 0.256 e. The zero-order valence-electron chi connectivity index (χ0n) is 14.5. The van der Waals surface area contributed by atoms with Gasteiger partial charge < -0.3 is 14.8 Å². The number of rotatable bonds is 7. The van der Waals surface area contributed by atoms with Gasteiger partial charge in [-0.05, 0) is 56.9 Å². The number of hydrogen-bond acceptors (Lipinski definition) is 4. The maximum absolute atomic E-state index is 12.7. The molecule has 128 valence electrons. The first-order valence-electron chi connectivity index (χ1n) is 7.94. The fourth-order valence-corrected chi connectivity index (χ4v) is 2.75. The highest BCUT2D eigenvalue weighted by molar-refractivity contribution is 7.98. The Kier molecular flexibility index (Phi) is 6.55. The Morgan fingerprint density at radius 1 is 1.08 bits per heavy atom. The van der Waals surface area contributed by atoms with Crippen molar-refractivity contribution in [2.75, 3.05) is 24.8 Å². The molecule has 0 bridgehead atoms. The molecule has 24 heavy (non-hydrogen) atoms. The Labute approximate surface area is 147 Å². The first kappa shape index (κ1) is 18.2. The lowest BCUT2D eigenvalue weighted by molar-refractivity contribution is 0.102. The molecule has 0 aliphatic carbocycles. The number of thioether (sulfide) groups is 1. The lowest BCUT2D eigenvalue weighted by Gasteiger charge is -2.14. The molecule has 0 aromatic heterocycles. The molecule has 0 saturated carbocycles. The maximum atomic E-state index is 12.7. The molecule has 1 amide bonds. The first-order valence-corrected chi connectivity index (χ1v) is 9.17. The number of hydrogen-bond donors (Lipinski definition) is 1. The van der Waals surface area contributed by atoms with Crippen LogP contribution in [0.4, 0.5) is 5.69 Å². The number of anilines is 1. The summed E-state index contributed by atoms with van der Waals surface area (Å²) < 4.78 is 11.1. The van der Waals surface area contributed by atoms with Crippen LogP contribution in [0.3, 0.4) is 0 Å². The van der Waals surface area contributed by atoms with Crippen LogP contribution < -0.4 is 14.8 Å². The van der Waals surface area contributed by atoms with Gasteiger partial charge in [0.05, 0.1) is 18.9 Å². The molecule has 5 heteroatoms. The van der Waals surface area contributed by atoms with Crippen molar-refractivity contribution in [3.63, 3.8) is 0 Å². The van der Waals surface area contributed by atoms with Crippen LogP contribution in [0, 0.1) is 6.92 Å². The van der Waals surface area contributed by atoms with Crippen LogP contribution in [-0.4, -0.2) is 25.4 Å². The average molecular weight is 345 g/mol. The van der Waals surface area contributed by atoms with Gasteiger partial charge in [-0.3, -0.25) is 4.79 Å². The van der Waals surface area contributed by atoms with Crippen LogP contribution in [0.25, 0.3) is 0 Å². The van der Waals surface area contributed by atoms with E-state index in [4.69, 9.17) is 9.47 Å². The minimum Gasteiger partial charge on any atom is -0.494 e. The fraction of sp³-hybridized carbons (Fsp3) is 0.316. The van der Waals surface area contributed by atoms with Gasteiger partial charge in [-0.25, -0.2) is 0 Å². The zero-order chi connectivity index (χ0) is 17.5. The molecule has 0 fully saturated rings. The van der Waals surface area contributed by atoms with E-state index in [0.717, 1.165) is 10.5 Å². The number of amides is 1. The molecule has 0 radical (unpaired) electrons. The monoisotopic (exact) mass is 345 g/mol. The van der Waals surface area contributed by atoms with Gasteiger partial charge in [0, 0.05) is 16.5 Å². The van der Waals surface area contributed by atoms with Gasteiger partial charge in [-0.1, -0.05) is 6.07 Å². The third-order valence-electron chi connectivity index (χ3n) is 3.50. The predicted octanol–water partition coefficient (Wildman–Crippen LogP) is 4.77. The van der Waals surface area contributed by atoms with Gasteiger partial charge in [-0.2, -0.15) is 0 Å². The quantitative estimate of drug-likeness (QED) is 0.735. The van der Waals surface area contributed by atoms with Crippen LogP contribution in [0.2, 0.25) is 0 Å². The second kappa shape index (κ2) is 8.64. The van der Waals surface area contributed by atoms with Gasteiger partial charge in [-0.15, -0.1) is 11.8 Å². The lowest BCUT2D eigenvalue weighted by Crippen LogP contribution is -2.14. The van der Waals surface area contributed by atoms with Crippen LogP contribution >= 0.6 is 11.8 Å². The third-order valence-corrected chi connectivity index (χ3v) is 4.22. The molecular weight excluding hydrogens is 322 g/mol. The normalized spacial score (nSPS) is 10.3. The van der Waals surface area contributed by atoms with E-state index in [0.29, 0.717) is 36.0 Å². The second-order valence-corrected chi connectivity index (χ2v) is 6.04. The summed E-state index contributed by atoms with van der Waals surface area (Å²) in [6, 6.07) is 11.3. The molecular formula is C19H23NO3S. The van der Waals surface area contributed by atoms with Crippen molar-refractivity contribution in [2.45, 2.75) is 25.7 Å². The lowest BCUT2D eigenvalue weighted by atomic mass is 10.1. The highest BCUT2D eigenvalue weighted by atomic mass is 32.2. The zero-order valence-corrected chi connectivity index (χ0v) is 15.3. The Morgan fingerprint density at radius 2 is 1.83 bits per heavy atom. The van der Waals surface area contributed by atoms with E-state index in [9.17, 15) is 4.79 Å². The number of aryl methyl sites for hydroxylation is 1. The summed E-state index contributed by atoms with van der Waals surface area (Å²) in [5.74, 6) is 1.18. The Hall–Kier alpha value is -2.14. The molecule has 0 atom stereocenters. The van der Waals surface area contributed by atoms with Crippen molar-refractivity contribution in [3.8, 4) is 11.5 Å². The molecule has 0 unspecified atom stereocenters. The fourth-order valence-electron chi connectivity index (χ4n) is 2.31. The van der Waals surface area contributed by atoms with Crippen LogP contribution in [0.15, 0.2) is 41.3 Å². The summed E-state index contributed by atoms with van der Waals surface area (Å²) in [4.78, 5) is 13.8. The third kappa shape index (κ3) is 4.45. The van der Waals surface area contributed by atoms with Crippen molar-refractivity contribution in [2.24, 2.45) is 0 Å². The van der Waals surface area contributed by atoms with Gasteiger partial charge in [0.25, 0.3) is 5.91 Å². The molecule has 0 heterocycles. The molecule has 0 spiro atoms. The minimum atomic E-state index is -0.155. The molecule has 0 aliphatic rings. The van der Waals surface area contributed by atoms with Gasteiger partial charge in [0.1, 0.15) is 11.5 Å². The van der Waals surface area contributed by atoms with Crippen molar-refractivity contribution in [1.29, 1.82) is 0 Å². The molecule has 2 aromatic carbocycles. The molecule has 4 nitrogen and oxygen atoms in total. The van der Waals surface area contributed by atoms with E-state index in [1.807, 2.05) is 57.4 Å².